The standard InChI is InChI=1S/C18H15F4N3O/c19-13-6-2-7-14-16(13)17(26)25(15(24-14)8-3-9-23)12-5-1-4-11(10-12)18(20,21)22/h1-2,4-7,10H,3,8-9,23H2. The molecule has 0 aliphatic heterocycles. The number of benzene rings is 2. The Balaban J connectivity index is 2.31. The first-order chi connectivity index (χ1) is 12.3. The third kappa shape index (κ3) is 3.32. The molecule has 0 saturated heterocycles. The summed E-state index contributed by atoms with van der Waals surface area (Å²) < 4.78 is 54.2. The minimum absolute atomic E-state index is 0.0190. The van der Waals surface area contributed by atoms with E-state index in [-0.39, 0.29) is 28.8 Å². The Bertz CT molecular complexity index is 1010. The van der Waals surface area contributed by atoms with E-state index in [9.17, 15) is 22.4 Å². The van der Waals surface area contributed by atoms with Gasteiger partial charge in [-0.15, -0.1) is 0 Å². The van der Waals surface area contributed by atoms with Crippen LogP contribution in [0.5, 0.6) is 0 Å². The molecule has 4 nitrogen and oxygen atoms in total. The second-order valence-corrected chi connectivity index (χ2v) is 5.74. The average Bonchev–Trinajstić information content (AvgIpc) is 2.59. The number of nitrogens with two attached hydrogens (primary N) is 1. The third-order valence-electron chi connectivity index (χ3n) is 3.95. The molecule has 2 N–H and O–H groups in total. The zero-order valence-electron chi connectivity index (χ0n) is 13.6. The number of fused-ring (bicyclic) bond motifs is 1. The van der Waals surface area contributed by atoms with Crippen molar-refractivity contribution in [2.45, 2.75) is 19.0 Å². The molecule has 3 aromatic rings. The van der Waals surface area contributed by atoms with Crippen molar-refractivity contribution >= 4 is 10.9 Å². The Morgan fingerprint density at radius 2 is 1.85 bits per heavy atom. The number of alkyl halides is 3. The highest BCUT2D eigenvalue weighted by molar-refractivity contribution is 5.78. The van der Waals surface area contributed by atoms with E-state index in [1.165, 1.54) is 24.3 Å². The first-order valence-electron chi connectivity index (χ1n) is 7.91. The predicted molar refractivity (Wildman–Crippen MR) is 89.7 cm³/mol. The van der Waals surface area contributed by atoms with Crippen molar-refractivity contribution in [3.05, 3.63) is 70.0 Å². The second kappa shape index (κ2) is 6.87. The monoisotopic (exact) mass is 365 g/mol. The fourth-order valence-corrected chi connectivity index (χ4v) is 2.75. The number of aromatic nitrogens is 2. The largest absolute Gasteiger partial charge is 0.416 e. The fourth-order valence-electron chi connectivity index (χ4n) is 2.75. The highest BCUT2D eigenvalue weighted by Gasteiger charge is 2.31. The second-order valence-electron chi connectivity index (χ2n) is 5.74. The van der Waals surface area contributed by atoms with Crippen molar-refractivity contribution < 1.29 is 17.6 Å². The summed E-state index contributed by atoms with van der Waals surface area (Å²) in [4.78, 5) is 17.2. The molecule has 136 valence electrons. The summed E-state index contributed by atoms with van der Waals surface area (Å²) in [6.45, 7) is 0.319. The molecule has 1 aromatic heterocycles. The SMILES string of the molecule is NCCCc1nc2cccc(F)c2c(=O)n1-c1cccc(C(F)(F)F)c1. The Hall–Kier alpha value is -2.74. The summed E-state index contributed by atoms with van der Waals surface area (Å²) in [6, 6.07) is 8.33. The molecule has 2 aromatic carbocycles. The minimum atomic E-state index is -4.56. The molecule has 0 spiro atoms. The topological polar surface area (TPSA) is 60.9 Å². The Labute approximate surface area is 145 Å². The van der Waals surface area contributed by atoms with Crippen molar-refractivity contribution in [3.63, 3.8) is 0 Å². The van der Waals surface area contributed by atoms with Gasteiger partial charge in [0.05, 0.1) is 16.8 Å². The van der Waals surface area contributed by atoms with E-state index >= 15 is 0 Å². The Morgan fingerprint density at radius 1 is 1.12 bits per heavy atom. The maximum absolute atomic E-state index is 14.1. The Morgan fingerprint density at radius 3 is 2.54 bits per heavy atom. The lowest BCUT2D eigenvalue weighted by atomic mass is 10.1. The molecule has 0 fully saturated rings. The highest BCUT2D eigenvalue weighted by Crippen LogP contribution is 2.30. The molecule has 0 atom stereocenters. The zero-order valence-corrected chi connectivity index (χ0v) is 13.6. The van der Waals surface area contributed by atoms with Crippen LogP contribution in [-0.4, -0.2) is 16.1 Å². The normalized spacial score (nSPS) is 11.9. The molecule has 0 amide bonds. The van der Waals surface area contributed by atoms with Gasteiger partial charge in [-0.3, -0.25) is 9.36 Å². The quantitative estimate of drug-likeness (QED) is 0.721. The van der Waals surface area contributed by atoms with Crippen molar-refractivity contribution in [3.8, 4) is 5.69 Å². The highest BCUT2D eigenvalue weighted by atomic mass is 19.4. The number of aryl methyl sites for hydroxylation is 1. The smallest absolute Gasteiger partial charge is 0.330 e. The lowest BCUT2D eigenvalue weighted by Crippen LogP contribution is -2.25. The molecule has 0 unspecified atom stereocenters. The van der Waals surface area contributed by atoms with Crippen LogP contribution < -0.4 is 11.3 Å². The summed E-state index contributed by atoms with van der Waals surface area (Å²) in [6.07, 6.45) is -3.81. The number of halogens is 4. The summed E-state index contributed by atoms with van der Waals surface area (Å²) in [5.74, 6) is -0.538. The summed E-state index contributed by atoms with van der Waals surface area (Å²) in [5.41, 5.74) is 3.98. The molecule has 0 aliphatic rings. The molecular weight excluding hydrogens is 350 g/mol. The summed E-state index contributed by atoms with van der Waals surface area (Å²) in [5, 5.41) is -0.263. The molecule has 0 bridgehead atoms. The summed E-state index contributed by atoms with van der Waals surface area (Å²) >= 11 is 0. The van der Waals surface area contributed by atoms with Crippen LogP contribution in [0.25, 0.3) is 16.6 Å². The van der Waals surface area contributed by atoms with Crippen LogP contribution in [0, 0.1) is 5.82 Å². The number of nitrogens with zero attached hydrogens (tertiary/aromatic N) is 2. The molecular formula is C18H15F4N3O. The molecule has 0 saturated carbocycles. The van der Waals surface area contributed by atoms with Gasteiger partial charge in [0.1, 0.15) is 17.0 Å². The van der Waals surface area contributed by atoms with Crippen LogP contribution >= 0.6 is 0 Å². The van der Waals surface area contributed by atoms with Crippen molar-refractivity contribution in [1.82, 2.24) is 9.55 Å². The van der Waals surface area contributed by atoms with Gasteiger partial charge in [0.2, 0.25) is 0 Å². The number of rotatable bonds is 4. The molecule has 8 heteroatoms. The zero-order chi connectivity index (χ0) is 18.9. The van der Waals surface area contributed by atoms with Crippen molar-refractivity contribution in [2.75, 3.05) is 6.54 Å². The van der Waals surface area contributed by atoms with E-state index in [2.05, 4.69) is 4.98 Å². The lowest BCUT2D eigenvalue weighted by Gasteiger charge is -2.15. The minimum Gasteiger partial charge on any atom is -0.330 e. The number of hydrogen-bond acceptors (Lipinski definition) is 3. The molecule has 0 radical (unpaired) electrons. The Kier molecular flexibility index (Phi) is 4.78. The first kappa shape index (κ1) is 18.1. The van der Waals surface area contributed by atoms with Crippen molar-refractivity contribution in [1.29, 1.82) is 0 Å². The molecule has 26 heavy (non-hydrogen) atoms. The maximum Gasteiger partial charge on any atom is 0.416 e. The van der Waals surface area contributed by atoms with Crippen LogP contribution in [0.1, 0.15) is 17.8 Å². The van der Waals surface area contributed by atoms with E-state index in [1.807, 2.05) is 0 Å². The average molecular weight is 365 g/mol. The molecule has 1 heterocycles. The van der Waals surface area contributed by atoms with Gasteiger partial charge in [-0.25, -0.2) is 9.37 Å². The van der Waals surface area contributed by atoms with Crippen LogP contribution in [-0.2, 0) is 12.6 Å². The van der Waals surface area contributed by atoms with Crippen LogP contribution in [0.2, 0.25) is 0 Å². The van der Waals surface area contributed by atoms with Gasteiger partial charge in [0.25, 0.3) is 5.56 Å². The third-order valence-corrected chi connectivity index (χ3v) is 3.95. The van der Waals surface area contributed by atoms with Gasteiger partial charge < -0.3 is 5.73 Å². The van der Waals surface area contributed by atoms with Crippen LogP contribution in [0.3, 0.4) is 0 Å². The van der Waals surface area contributed by atoms with Crippen LogP contribution in [0.15, 0.2) is 47.3 Å². The van der Waals surface area contributed by atoms with E-state index in [0.29, 0.717) is 13.0 Å². The maximum atomic E-state index is 14.1. The van der Waals surface area contributed by atoms with E-state index in [0.717, 1.165) is 22.8 Å². The van der Waals surface area contributed by atoms with Gasteiger partial charge >= 0.3 is 6.18 Å². The molecule has 3 rings (SSSR count). The van der Waals surface area contributed by atoms with Gasteiger partial charge in [0.15, 0.2) is 0 Å². The first-order valence-corrected chi connectivity index (χ1v) is 7.91. The predicted octanol–water partition coefficient (Wildman–Crippen LogP) is 3.43. The van der Waals surface area contributed by atoms with E-state index in [1.54, 1.807) is 0 Å². The van der Waals surface area contributed by atoms with E-state index in [4.69, 9.17) is 5.73 Å². The van der Waals surface area contributed by atoms with Gasteiger partial charge in [-0.2, -0.15) is 13.2 Å². The van der Waals surface area contributed by atoms with E-state index < -0.39 is 23.1 Å². The van der Waals surface area contributed by atoms with Gasteiger partial charge in [-0.05, 0) is 43.3 Å². The molecule has 0 aliphatic carbocycles. The lowest BCUT2D eigenvalue weighted by molar-refractivity contribution is -0.137. The summed E-state index contributed by atoms with van der Waals surface area (Å²) in [7, 11) is 0. The number of hydrogen-bond donors (Lipinski definition) is 1. The fraction of sp³-hybridized carbons (Fsp3) is 0.222. The van der Waals surface area contributed by atoms with Gasteiger partial charge in [0, 0.05) is 6.42 Å². The van der Waals surface area contributed by atoms with Crippen LogP contribution in [0.4, 0.5) is 17.6 Å². The van der Waals surface area contributed by atoms with Crippen molar-refractivity contribution in [2.24, 2.45) is 5.73 Å². The van der Waals surface area contributed by atoms with Gasteiger partial charge in [-0.1, -0.05) is 12.1 Å².